The maximum absolute atomic E-state index is 2.46. The van der Waals surface area contributed by atoms with Gasteiger partial charge in [-0.2, -0.15) is 0 Å². The molecule has 0 saturated carbocycles. The molecule has 0 heteroatoms. The Bertz CT molecular complexity index is 206. The molecule has 0 radical (unpaired) electrons. The Hall–Kier alpha value is 0. The van der Waals surface area contributed by atoms with Crippen molar-refractivity contribution in [1.82, 2.24) is 0 Å². The highest BCUT2D eigenvalue weighted by atomic mass is 14.2. The molecule has 3 atom stereocenters. The van der Waals surface area contributed by atoms with Crippen LogP contribution in [0.1, 0.15) is 112 Å². The molecule has 128 valence electrons. The van der Waals surface area contributed by atoms with E-state index in [-0.39, 0.29) is 0 Å². The average Bonchev–Trinajstić information content (AvgIpc) is 2.44. The third-order valence-corrected chi connectivity index (χ3v) is 5.37. The Morgan fingerprint density at radius 3 is 1.43 bits per heavy atom. The van der Waals surface area contributed by atoms with Crippen LogP contribution in [-0.2, 0) is 0 Å². The SMILES string of the molecule is CCC(C)CCCC(CC)CCCC(C)CCCC(C)C. The molecular formula is C21H44. The minimum atomic E-state index is 0.882. The van der Waals surface area contributed by atoms with Crippen molar-refractivity contribution in [3.63, 3.8) is 0 Å². The Morgan fingerprint density at radius 2 is 1.00 bits per heavy atom. The lowest BCUT2D eigenvalue weighted by Gasteiger charge is -2.18. The first-order valence-corrected chi connectivity index (χ1v) is 9.99. The molecule has 0 aliphatic rings. The molecule has 0 aromatic heterocycles. The molecule has 0 nitrogen and oxygen atoms in total. The van der Waals surface area contributed by atoms with Crippen LogP contribution in [0.25, 0.3) is 0 Å². The maximum atomic E-state index is 2.46. The van der Waals surface area contributed by atoms with Crippen molar-refractivity contribution in [2.45, 2.75) is 112 Å². The molecule has 0 spiro atoms. The van der Waals surface area contributed by atoms with Crippen LogP contribution in [-0.4, -0.2) is 0 Å². The molecule has 0 aliphatic heterocycles. The second-order valence-electron chi connectivity index (χ2n) is 8.08. The molecule has 0 fully saturated rings. The molecule has 0 aromatic rings. The maximum Gasteiger partial charge on any atom is -0.0417 e. The lowest BCUT2D eigenvalue weighted by molar-refractivity contribution is 0.354. The van der Waals surface area contributed by atoms with Crippen LogP contribution in [0.15, 0.2) is 0 Å². The van der Waals surface area contributed by atoms with Gasteiger partial charge in [0.2, 0.25) is 0 Å². The van der Waals surface area contributed by atoms with Crippen molar-refractivity contribution >= 4 is 0 Å². The summed E-state index contributed by atoms with van der Waals surface area (Å²) in [7, 11) is 0. The highest BCUT2D eigenvalue weighted by Gasteiger charge is 2.09. The third kappa shape index (κ3) is 13.4. The summed E-state index contributed by atoms with van der Waals surface area (Å²) in [5, 5.41) is 0. The van der Waals surface area contributed by atoms with Gasteiger partial charge in [0, 0.05) is 0 Å². The largest absolute Gasteiger partial charge is 0.0651 e. The summed E-state index contributed by atoms with van der Waals surface area (Å²) < 4.78 is 0. The summed E-state index contributed by atoms with van der Waals surface area (Å²) in [5.41, 5.74) is 0. The minimum absolute atomic E-state index is 0.882. The predicted octanol–water partition coefficient (Wildman–Crippen LogP) is 7.86. The van der Waals surface area contributed by atoms with Crippen LogP contribution in [0.5, 0.6) is 0 Å². The van der Waals surface area contributed by atoms with Crippen LogP contribution in [0, 0.1) is 23.7 Å². The fraction of sp³-hybridized carbons (Fsp3) is 1.00. The number of rotatable bonds is 14. The third-order valence-electron chi connectivity index (χ3n) is 5.37. The van der Waals surface area contributed by atoms with Crippen LogP contribution >= 0.6 is 0 Å². The van der Waals surface area contributed by atoms with Gasteiger partial charge in [-0.15, -0.1) is 0 Å². The zero-order valence-corrected chi connectivity index (χ0v) is 16.1. The van der Waals surface area contributed by atoms with E-state index in [0.29, 0.717) is 0 Å². The van der Waals surface area contributed by atoms with Crippen molar-refractivity contribution in [1.29, 1.82) is 0 Å². The quantitative estimate of drug-likeness (QED) is 0.306. The van der Waals surface area contributed by atoms with Gasteiger partial charge in [0.25, 0.3) is 0 Å². The fourth-order valence-corrected chi connectivity index (χ4v) is 3.29. The first-order chi connectivity index (χ1) is 9.99. The zero-order valence-electron chi connectivity index (χ0n) is 16.1. The molecule has 0 aliphatic carbocycles. The number of hydrogen-bond acceptors (Lipinski definition) is 0. The van der Waals surface area contributed by atoms with Crippen LogP contribution in [0.3, 0.4) is 0 Å². The van der Waals surface area contributed by atoms with Gasteiger partial charge in [-0.25, -0.2) is 0 Å². The van der Waals surface area contributed by atoms with E-state index in [0.717, 1.165) is 23.7 Å². The van der Waals surface area contributed by atoms with Gasteiger partial charge in [-0.1, -0.05) is 112 Å². The van der Waals surface area contributed by atoms with E-state index in [9.17, 15) is 0 Å². The van der Waals surface area contributed by atoms with E-state index in [2.05, 4.69) is 41.5 Å². The molecule has 0 aromatic carbocycles. The molecule has 3 unspecified atom stereocenters. The summed E-state index contributed by atoms with van der Waals surface area (Å²) >= 11 is 0. The molecule has 0 N–H and O–H groups in total. The average molecular weight is 297 g/mol. The molecule has 0 saturated heterocycles. The summed E-state index contributed by atoms with van der Waals surface area (Å²) in [6.45, 7) is 14.3. The molecule has 0 heterocycles. The zero-order chi connectivity index (χ0) is 16.1. The monoisotopic (exact) mass is 296 g/mol. The predicted molar refractivity (Wildman–Crippen MR) is 98.8 cm³/mol. The molecule has 21 heavy (non-hydrogen) atoms. The van der Waals surface area contributed by atoms with Gasteiger partial charge in [0.05, 0.1) is 0 Å². The first-order valence-electron chi connectivity index (χ1n) is 9.99. The van der Waals surface area contributed by atoms with Gasteiger partial charge in [0.1, 0.15) is 0 Å². The van der Waals surface area contributed by atoms with Crippen molar-refractivity contribution in [2.75, 3.05) is 0 Å². The Morgan fingerprint density at radius 1 is 0.524 bits per heavy atom. The van der Waals surface area contributed by atoms with Crippen molar-refractivity contribution in [3.8, 4) is 0 Å². The van der Waals surface area contributed by atoms with Crippen molar-refractivity contribution < 1.29 is 0 Å². The molecule has 0 rings (SSSR count). The second kappa shape index (κ2) is 13.6. The van der Waals surface area contributed by atoms with E-state index in [4.69, 9.17) is 0 Å². The fourth-order valence-electron chi connectivity index (χ4n) is 3.29. The van der Waals surface area contributed by atoms with E-state index in [1.807, 2.05) is 0 Å². The van der Waals surface area contributed by atoms with E-state index < -0.39 is 0 Å². The normalized spacial score (nSPS) is 16.1. The van der Waals surface area contributed by atoms with E-state index >= 15 is 0 Å². The lowest BCUT2D eigenvalue weighted by Crippen LogP contribution is -2.03. The summed E-state index contributed by atoms with van der Waals surface area (Å²) in [4.78, 5) is 0. The standard InChI is InChI=1S/C21H44/c1-7-19(5)13-10-16-21(8-2)17-11-15-20(6)14-9-12-18(3)4/h18-21H,7-17H2,1-6H3. The summed E-state index contributed by atoms with van der Waals surface area (Å²) in [6, 6.07) is 0. The second-order valence-corrected chi connectivity index (χ2v) is 8.08. The van der Waals surface area contributed by atoms with Gasteiger partial charge >= 0.3 is 0 Å². The minimum Gasteiger partial charge on any atom is -0.0651 e. The van der Waals surface area contributed by atoms with Crippen LogP contribution < -0.4 is 0 Å². The van der Waals surface area contributed by atoms with Crippen LogP contribution in [0.4, 0.5) is 0 Å². The lowest BCUT2D eigenvalue weighted by atomic mass is 9.88. The van der Waals surface area contributed by atoms with Gasteiger partial charge in [0.15, 0.2) is 0 Å². The van der Waals surface area contributed by atoms with Crippen LogP contribution in [0.2, 0.25) is 0 Å². The highest BCUT2D eigenvalue weighted by Crippen LogP contribution is 2.24. The summed E-state index contributed by atoms with van der Waals surface area (Å²) in [6.07, 6.45) is 15.8. The van der Waals surface area contributed by atoms with Gasteiger partial charge < -0.3 is 0 Å². The first kappa shape index (κ1) is 21.0. The Labute approximate surface area is 136 Å². The highest BCUT2D eigenvalue weighted by molar-refractivity contribution is 4.62. The molecule has 0 bridgehead atoms. The Kier molecular flexibility index (Phi) is 13.6. The van der Waals surface area contributed by atoms with E-state index in [1.165, 1.54) is 70.6 Å². The van der Waals surface area contributed by atoms with Crippen molar-refractivity contribution in [3.05, 3.63) is 0 Å². The molecule has 0 amide bonds. The smallest absolute Gasteiger partial charge is 0.0417 e. The summed E-state index contributed by atoms with van der Waals surface area (Å²) in [5.74, 6) is 3.76. The Balaban J connectivity index is 3.61. The van der Waals surface area contributed by atoms with Gasteiger partial charge in [-0.3, -0.25) is 0 Å². The molecular weight excluding hydrogens is 252 g/mol. The topological polar surface area (TPSA) is 0 Å². The number of hydrogen-bond donors (Lipinski definition) is 0. The van der Waals surface area contributed by atoms with Crippen molar-refractivity contribution in [2.24, 2.45) is 23.7 Å². The van der Waals surface area contributed by atoms with E-state index in [1.54, 1.807) is 0 Å². The van der Waals surface area contributed by atoms with Gasteiger partial charge in [-0.05, 0) is 23.7 Å².